The van der Waals surface area contributed by atoms with Gasteiger partial charge in [-0.1, -0.05) is 6.07 Å². The number of aromatic nitrogens is 1. The molecule has 0 radical (unpaired) electrons. The van der Waals surface area contributed by atoms with Crippen LogP contribution in [0, 0.1) is 0 Å². The summed E-state index contributed by atoms with van der Waals surface area (Å²) in [5, 5.41) is 2.97. The number of carbonyl (C=O) groups is 1. The van der Waals surface area contributed by atoms with Crippen molar-refractivity contribution in [2.24, 2.45) is 0 Å². The van der Waals surface area contributed by atoms with Crippen LogP contribution in [-0.2, 0) is 13.0 Å². The van der Waals surface area contributed by atoms with Crippen LogP contribution in [0.3, 0.4) is 0 Å². The number of benzene rings is 1. The number of hydrogen-bond acceptors (Lipinski definition) is 4. The van der Waals surface area contributed by atoms with Crippen LogP contribution in [0.15, 0.2) is 42.7 Å². The van der Waals surface area contributed by atoms with E-state index < -0.39 is 0 Å². The molecule has 0 unspecified atom stereocenters. The van der Waals surface area contributed by atoms with Crippen LogP contribution in [0.4, 0.5) is 4.79 Å². The highest BCUT2D eigenvalue weighted by Gasteiger charge is 2.12. The molecule has 1 aromatic heterocycles. The highest BCUT2D eigenvalue weighted by Crippen LogP contribution is 2.24. The SMILES string of the molecule is CCN(Cc1ccncc1)C(=O)NCCc1ccc(OC)cc1OC. The lowest BCUT2D eigenvalue weighted by atomic mass is 10.1. The molecule has 2 rings (SSSR count). The second kappa shape index (κ2) is 9.52. The van der Waals surface area contributed by atoms with Gasteiger partial charge in [-0.2, -0.15) is 0 Å². The van der Waals surface area contributed by atoms with Gasteiger partial charge in [-0.25, -0.2) is 4.79 Å². The summed E-state index contributed by atoms with van der Waals surface area (Å²) in [6.07, 6.45) is 4.15. The van der Waals surface area contributed by atoms with Crippen molar-refractivity contribution in [2.45, 2.75) is 19.9 Å². The Hall–Kier alpha value is -2.76. The molecular formula is C19H25N3O3. The first kappa shape index (κ1) is 18.6. The Morgan fingerprint density at radius 3 is 2.56 bits per heavy atom. The fourth-order valence-corrected chi connectivity index (χ4v) is 2.51. The minimum atomic E-state index is -0.0770. The quantitative estimate of drug-likeness (QED) is 0.800. The Morgan fingerprint density at radius 1 is 1.16 bits per heavy atom. The lowest BCUT2D eigenvalue weighted by Crippen LogP contribution is -2.40. The number of rotatable bonds is 8. The molecule has 6 nitrogen and oxygen atoms in total. The Labute approximate surface area is 148 Å². The molecule has 2 amide bonds. The summed E-state index contributed by atoms with van der Waals surface area (Å²) in [6.45, 7) is 3.71. The predicted octanol–water partition coefficient (Wildman–Crippen LogP) is 2.87. The number of nitrogens with zero attached hydrogens (tertiary/aromatic N) is 2. The smallest absolute Gasteiger partial charge is 0.317 e. The lowest BCUT2D eigenvalue weighted by Gasteiger charge is -2.21. The van der Waals surface area contributed by atoms with E-state index >= 15 is 0 Å². The summed E-state index contributed by atoms with van der Waals surface area (Å²) in [6, 6.07) is 9.45. The van der Waals surface area contributed by atoms with Crippen LogP contribution in [0.25, 0.3) is 0 Å². The van der Waals surface area contributed by atoms with E-state index in [4.69, 9.17) is 9.47 Å². The fourth-order valence-electron chi connectivity index (χ4n) is 2.51. The van der Waals surface area contributed by atoms with Crippen LogP contribution in [-0.4, -0.2) is 43.2 Å². The van der Waals surface area contributed by atoms with Crippen molar-refractivity contribution >= 4 is 6.03 Å². The molecule has 0 bridgehead atoms. The van der Waals surface area contributed by atoms with Crippen molar-refractivity contribution in [2.75, 3.05) is 27.3 Å². The van der Waals surface area contributed by atoms with Crippen LogP contribution >= 0.6 is 0 Å². The molecule has 1 aromatic carbocycles. The summed E-state index contributed by atoms with van der Waals surface area (Å²) in [7, 11) is 3.25. The van der Waals surface area contributed by atoms with Gasteiger partial charge in [0, 0.05) is 38.1 Å². The van der Waals surface area contributed by atoms with Gasteiger partial charge in [0.25, 0.3) is 0 Å². The van der Waals surface area contributed by atoms with Gasteiger partial charge < -0.3 is 19.7 Å². The first-order chi connectivity index (χ1) is 12.2. The molecule has 0 saturated heterocycles. The van der Waals surface area contributed by atoms with Crippen molar-refractivity contribution in [3.8, 4) is 11.5 Å². The molecule has 25 heavy (non-hydrogen) atoms. The largest absolute Gasteiger partial charge is 0.497 e. The molecule has 1 heterocycles. The molecule has 2 aromatic rings. The number of hydrogen-bond donors (Lipinski definition) is 1. The van der Waals surface area contributed by atoms with E-state index in [-0.39, 0.29) is 6.03 Å². The molecule has 0 aliphatic heterocycles. The zero-order valence-electron chi connectivity index (χ0n) is 15.0. The van der Waals surface area contributed by atoms with Gasteiger partial charge in [-0.15, -0.1) is 0 Å². The number of ether oxygens (including phenoxy) is 2. The summed E-state index contributed by atoms with van der Waals surface area (Å²) in [5.74, 6) is 1.51. The summed E-state index contributed by atoms with van der Waals surface area (Å²) in [4.78, 5) is 18.1. The third-order valence-electron chi connectivity index (χ3n) is 3.96. The van der Waals surface area contributed by atoms with Crippen LogP contribution in [0.1, 0.15) is 18.1 Å². The van der Waals surface area contributed by atoms with Gasteiger partial charge in [-0.05, 0) is 42.7 Å². The third kappa shape index (κ3) is 5.38. The van der Waals surface area contributed by atoms with Crippen LogP contribution in [0.5, 0.6) is 11.5 Å². The molecule has 0 atom stereocenters. The van der Waals surface area contributed by atoms with Crippen molar-refractivity contribution in [3.05, 3.63) is 53.9 Å². The number of carbonyl (C=O) groups excluding carboxylic acids is 1. The average molecular weight is 343 g/mol. The van der Waals surface area contributed by atoms with Crippen LogP contribution < -0.4 is 14.8 Å². The monoisotopic (exact) mass is 343 g/mol. The van der Waals surface area contributed by atoms with Crippen molar-refractivity contribution < 1.29 is 14.3 Å². The Morgan fingerprint density at radius 2 is 1.92 bits per heavy atom. The van der Waals surface area contributed by atoms with Gasteiger partial charge in [0.15, 0.2) is 0 Å². The fraction of sp³-hybridized carbons (Fsp3) is 0.368. The van der Waals surface area contributed by atoms with Crippen molar-refractivity contribution in [1.29, 1.82) is 0 Å². The first-order valence-electron chi connectivity index (χ1n) is 8.30. The summed E-state index contributed by atoms with van der Waals surface area (Å²) >= 11 is 0. The van der Waals surface area contributed by atoms with E-state index in [0.29, 0.717) is 26.1 Å². The zero-order valence-corrected chi connectivity index (χ0v) is 15.0. The van der Waals surface area contributed by atoms with E-state index in [2.05, 4.69) is 10.3 Å². The Balaban J connectivity index is 1.88. The molecule has 0 aliphatic rings. The van der Waals surface area contributed by atoms with E-state index in [9.17, 15) is 4.79 Å². The normalized spacial score (nSPS) is 10.2. The van der Waals surface area contributed by atoms with E-state index in [1.165, 1.54) is 0 Å². The molecule has 6 heteroatoms. The predicted molar refractivity (Wildman–Crippen MR) is 97.0 cm³/mol. The molecular weight excluding hydrogens is 318 g/mol. The topological polar surface area (TPSA) is 63.7 Å². The number of amides is 2. The highest BCUT2D eigenvalue weighted by molar-refractivity contribution is 5.74. The van der Waals surface area contributed by atoms with Gasteiger partial charge in [0.05, 0.1) is 14.2 Å². The molecule has 0 saturated carbocycles. The maximum atomic E-state index is 12.4. The van der Waals surface area contributed by atoms with Gasteiger partial charge in [0.2, 0.25) is 0 Å². The third-order valence-corrected chi connectivity index (χ3v) is 3.96. The second-order valence-electron chi connectivity index (χ2n) is 5.53. The second-order valence-corrected chi connectivity index (χ2v) is 5.53. The van der Waals surface area contributed by atoms with E-state index in [1.54, 1.807) is 31.5 Å². The number of methoxy groups -OCH3 is 2. The van der Waals surface area contributed by atoms with Gasteiger partial charge >= 0.3 is 6.03 Å². The van der Waals surface area contributed by atoms with Crippen molar-refractivity contribution in [3.63, 3.8) is 0 Å². The van der Waals surface area contributed by atoms with Crippen LogP contribution in [0.2, 0.25) is 0 Å². The zero-order chi connectivity index (χ0) is 18.1. The van der Waals surface area contributed by atoms with E-state index in [1.807, 2.05) is 37.3 Å². The molecule has 1 N–H and O–H groups in total. The number of urea groups is 1. The van der Waals surface area contributed by atoms with Gasteiger partial charge in [-0.3, -0.25) is 4.98 Å². The minimum absolute atomic E-state index is 0.0770. The molecule has 134 valence electrons. The summed E-state index contributed by atoms with van der Waals surface area (Å²) < 4.78 is 10.6. The van der Waals surface area contributed by atoms with Gasteiger partial charge in [0.1, 0.15) is 11.5 Å². The lowest BCUT2D eigenvalue weighted by molar-refractivity contribution is 0.198. The average Bonchev–Trinajstić information content (AvgIpc) is 2.66. The highest BCUT2D eigenvalue weighted by atomic mass is 16.5. The Bertz CT molecular complexity index is 677. The standard InChI is InChI=1S/C19H25N3O3/c1-4-22(14-15-7-10-20-11-8-15)19(23)21-12-9-16-5-6-17(24-2)13-18(16)25-3/h5-8,10-11,13H,4,9,12,14H2,1-3H3,(H,21,23). The maximum Gasteiger partial charge on any atom is 0.317 e. The number of nitrogens with one attached hydrogen (secondary N) is 1. The van der Waals surface area contributed by atoms with E-state index in [0.717, 1.165) is 22.6 Å². The summed E-state index contributed by atoms with van der Waals surface area (Å²) in [5.41, 5.74) is 2.09. The molecule has 0 spiro atoms. The number of pyridine rings is 1. The maximum absolute atomic E-state index is 12.4. The molecule has 0 aliphatic carbocycles. The first-order valence-corrected chi connectivity index (χ1v) is 8.30. The Kier molecular flexibility index (Phi) is 7.07. The minimum Gasteiger partial charge on any atom is -0.497 e. The van der Waals surface area contributed by atoms with Crippen molar-refractivity contribution in [1.82, 2.24) is 15.2 Å². The molecule has 0 fully saturated rings.